The Morgan fingerprint density at radius 1 is 1.26 bits per heavy atom. The van der Waals surface area contributed by atoms with Gasteiger partial charge in [0.05, 0.1) is 32.3 Å². The number of carbonyl (C=O) groups excluding carboxylic acids is 2. The third kappa shape index (κ3) is 4.39. The summed E-state index contributed by atoms with van der Waals surface area (Å²) in [7, 11) is 1.56. The molecule has 0 radical (unpaired) electrons. The summed E-state index contributed by atoms with van der Waals surface area (Å²) in [5.74, 6) is -1.99. The lowest BCUT2D eigenvalue weighted by molar-refractivity contribution is -0.130. The van der Waals surface area contributed by atoms with Crippen LogP contribution in [0.1, 0.15) is 23.5 Å². The monoisotopic (exact) mass is 430 g/mol. The van der Waals surface area contributed by atoms with E-state index in [1.54, 1.807) is 24.1 Å². The molecule has 6 nitrogen and oxygen atoms in total. The van der Waals surface area contributed by atoms with Crippen molar-refractivity contribution >= 4 is 11.8 Å². The van der Waals surface area contributed by atoms with Crippen molar-refractivity contribution in [3.8, 4) is 5.75 Å². The average molecular weight is 430 g/mol. The predicted octanol–water partition coefficient (Wildman–Crippen LogP) is 2.42. The molecule has 2 saturated heterocycles. The van der Waals surface area contributed by atoms with Crippen LogP contribution in [0.2, 0.25) is 0 Å². The van der Waals surface area contributed by atoms with Crippen molar-refractivity contribution < 1.29 is 27.8 Å². The van der Waals surface area contributed by atoms with E-state index in [1.165, 1.54) is 6.07 Å². The van der Waals surface area contributed by atoms with E-state index in [2.05, 4.69) is 5.32 Å². The van der Waals surface area contributed by atoms with E-state index in [0.717, 1.165) is 17.7 Å². The number of benzene rings is 2. The van der Waals surface area contributed by atoms with Gasteiger partial charge >= 0.3 is 0 Å². The molecule has 0 saturated carbocycles. The molecule has 8 heteroatoms. The van der Waals surface area contributed by atoms with Crippen LogP contribution in [0.15, 0.2) is 42.5 Å². The average Bonchev–Trinajstić information content (AvgIpc) is 3.01. The van der Waals surface area contributed by atoms with E-state index in [1.807, 2.05) is 12.1 Å². The minimum atomic E-state index is -0.963. The smallest absolute Gasteiger partial charge is 0.227 e. The van der Waals surface area contributed by atoms with Gasteiger partial charge in [-0.3, -0.25) is 9.59 Å². The van der Waals surface area contributed by atoms with Crippen molar-refractivity contribution in [2.24, 2.45) is 0 Å². The van der Waals surface area contributed by atoms with Crippen LogP contribution in [0.25, 0.3) is 0 Å². The van der Waals surface area contributed by atoms with Crippen LogP contribution in [-0.2, 0) is 20.7 Å². The summed E-state index contributed by atoms with van der Waals surface area (Å²) in [5.41, 5.74) is 0.416. The molecule has 2 aliphatic heterocycles. The molecular formula is C23H24F2N2O4. The number of nitrogens with zero attached hydrogens (tertiary/aromatic N) is 1. The van der Waals surface area contributed by atoms with Crippen molar-refractivity contribution in [3.63, 3.8) is 0 Å². The summed E-state index contributed by atoms with van der Waals surface area (Å²) in [6, 6.07) is 11.0. The number of rotatable bonds is 4. The van der Waals surface area contributed by atoms with Crippen LogP contribution < -0.4 is 10.1 Å². The van der Waals surface area contributed by atoms with Gasteiger partial charge in [-0.25, -0.2) is 8.78 Å². The molecule has 2 fully saturated rings. The molecule has 2 aromatic rings. The number of amides is 2. The standard InChI is InChI=1S/C23H24F2N2O4/c1-30-17-4-2-3-15(9-17)10-22(29)27-12-18(16-5-6-19(24)20(25)11-16)23(13-27)14-31-8-7-21(28)26-23/h2-6,9,11,18H,7-8,10,12-14H2,1H3,(H,26,28)/t18-,23-/m0/s1. The van der Waals surface area contributed by atoms with Crippen LogP contribution in [0.4, 0.5) is 8.78 Å². The summed E-state index contributed by atoms with van der Waals surface area (Å²) >= 11 is 0. The van der Waals surface area contributed by atoms with E-state index in [4.69, 9.17) is 9.47 Å². The van der Waals surface area contributed by atoms with E-state index in [9.17, 15) is 18.4 Å². The lowest BCUT2D eigenvalue weighted by atomic mass is 9.82. The SMILES string of the molecule is COc1cccc(CC(=O)N2C[C@@H](c3ccc(F)c(F)c3)[C@@]3(COCCC(=O)N3)C2)c1. The van der Waals surface area contributed by atoms with Crippen LogP contribution in [0.3, 0.4) is 0 Å². The fraction of sp³-hybridized carbons (Fsp3) is 0.391. The Bertz CT molecular complexity index is 999. The maximum absolute atomic E-state index is 14.0. The number of ether oxygens (including phenoxy) is 2. The molecule has 0 aromatic heterocycles. The Morgan fingerprint density at radius 2 is 2.10 bits per heavy atom. The molecular weight excluding hydrogens is 406 g/mol. The Morgan fingerprint density at radius 3 is 2.87 bits per heavy atom. The van der Waals surface area contributed by atoms with Gasteiger partial charge in [0.25, 0.3) is 0 Å². The molecule has 2 aromatic carbocycles. The molecule has 4 rings (SSSR count). The summed E-state index contributed by atoms with van der Waals surface area (Å²) < 4.78 is 38.4. The topological polar surface area (TPSA) is 67.9 Å². The number of hydrogen-bond donors (Lipinski definition) is 1. The second-order valence-electron chi connectivity index (χ2n) is 8.04. The molecule has 2 heterocycles. The highest BCUT2D eigenvalue weighted by molar-refractivity contribution is 5.81. The first-order valence-electron chi connectivity index (χ1n) is 10.1. The van der Waals surface area contributed by atoms with Gasteiger partial charge in [-0.2, -0.15) is 0 Å². The Balaban J connectivity index is 1.62. The second-order valence-corrected chi connectivity index (χ2v) is 8.04. The van der Waals surface area contributed by atoms with Gasteiger partial charge in [0.15, 0.2) is 11.6 Å². The maximum atomic E-state index is 14.0. The van der Waals surface area contributed by atoms with Crippen LogP contribution >= 0.6 is 0 Å². The highest BCUT2D eigenvalue weighted by atomic mass is 19.2. The van der Waals surface area contributed by atoms with Gasteiger partial charge in [0.1, 0.15) is 5.75 Å². The molecule has 2 amide bonds. The Labute approximate surface area is 179 Å². The van der Waals surface area contributed by atoms with Crippen LogP contribution in [0.5, 0.6) is 5.75 Å². The highest BCUT2D eigenvalue weighted by Crippen LogP contribution is 2.38. The molecule has 31 heavy (non-hydrogen) atoms. The van der Waals surface area contributed by atoms with Crippen LogP contribution in [-0.4, -0.2) is 55.7 Å². The lowest BCUT2D eigenvalue weighted by Crippen LogP contribution is -2.55. The molecule has 0 bridgehead atoms. The highest BCUT2D eigenvalue weighted by Gasteiger charge is 2.50. The third-order valence-corrected chi connectivity index (χ3v) is 5.95. The molecule has 0 unspecified atom stereocenters. The quantitative estimate of drug-likeness (QED) is 0.809. The zero-order valence-electron chi connectivity index (χ0n) is 17.2. The fourth-order valence-corrected chi connectivity index (χ4v) is 4.39. The van der Waals surface area contributed by atoms with Crippen LogP contribution in [0, 0.1) is 11.6 Å². The number of carbonyl (C=O) groups is 2. The number of halogens is 2. The summed E-state index contributed by atoms with van der Waals surface area (Å²) in [4.78, 5) is 27.1. The van der Waals surface area contributed by atoms with Gasteiger partial charge in [-0.15, -0.1) is 0 Å². The number of nitrogens with one attached hydrogen (secondary N) is 1. The van der Waals surface area contributed by atoms with Crippen molar-refractivity contribution in [1.82, 2.24) is 10.2 Å². The zero-order chi connectivity index (χ0) is 22.0. The molecule has 1 spiro atoms. The number of hydrogen-bond acceptors (Lipinski definition) is 4. The van der Waals surface area contributed by atoms with Gasteiger partial charge in [0.2, 0.25) is 11.8 Å². The first-order chi connectivity index (χ1) is 14.9. The maximum Gasteiger partial charge on any atom is 0.227 e. The van der Waals surface area contributed by atoms with Crippen molar-refractivity contribution in [2.45, 2.75) is 24.3 Å². The van der Waals surface area contributed by atoms with E-state index in [-0.39, 0.29) is 51.0 Å². The minimum Gasteiger partial charge on any atom is -0.497 e. The molecule has 0 aliphatic carbocycles. The zero-order valence-corrected chi connectivity index (χ0v) is 17.2. The summed E-state index contributed by atoms with van der Waals surface area (Å²) in [6.45, 7) is 0.948. The summed E-state index contributed by atoms with van der Waals surface area (Å²) in [6.07, 6.45) is 0.372. The first kappa shape index (κ1) is 21.2. The molecule has 2 atom stereocenters. The normalized spacial score (nSPS) is 23.5. The first-order valence-corrected chi connectivity index (χ1v) is 10.1. The van der Waals surface area contributed by atoms with Gasteiger partial charge in [0, 0.05) is 25.4 Å². The van der Waals surface area contributed by atoms with Crippen molar-refractivity contribution in [2.75, 3.05) is 33.4 Å². The fourth-order valence-electron chi connectivity index (χ4n) is 4.39. The molecule has 2 aliphatic rings. The molecule has 1 N–H and O–H groups in total. The second kappa shape index (κ2) is 8.63. The summed E-state index contributed by atoms with van der Waals surface area (Å²) in [5, 5.41) is 3.01. The third-order valence-electron chi connectivity index (χ3n) is 5.95. The van der Waals surface area contributed by atoms with Crippen molar-refractivity contribution in [1.29, 1.82) is 0 Å². The van der Waals surface area contributed by atoms with Gasteiger partial charge < -0.3 is 19.7 Å². The number of likely N-dealkylation sites (tertiary alicyclic amines) is 1. The van der Waals surface area contributed by atoms with Gasteiger partial charge in [-0.1, -0.05) is 18.2 Å². The lowest BCUT2D eigenvalue weighted by Gasteiger charge is -2.34. The number of methoxy groups -OCH3 is 1. The Hall–Kier alpha value is -3.00. The van der Waals surface area contributed by atoms with Gasteiger partial charge in [-0.05, 0) is 35.4 Å². The van der Waals surface area contributed by atoms with E-state index < -0.39 is 23.1 Å². The van der Waals surface area contributed by atoms with Crippen molar-refractivity contribution in [3.05, 3.63) is 65.2 Å². The predicted molar refractivity (Wildman–Crippen MR) is 109 cm³/mol. The van der Waals surface area contributed by atoms with E-state index >= 15 is 0 Å². The largest absolute Gasteiger partial charge is 0.497 e. The Kier molecular flexibility index (Phi) is 5.91. The van der Waals surface area contributed by atoms with E-state index in [0.29, 0.717) is 11.3 Å². The molecule has 164 valence electrons. The minimum absolute atomic E-state index is 0.129.